The molecule has 0 spiro atoms. The summed E-state index contributed by atoms with van der Waals surface area (Å²) >= 11 is 12.0. The van der Waals surface area contributed by atoms with Crippen molar-refractivity contribution in [3.05, 3.63) is 52.5 Å². The van der Waals surface area contributed by atoms with Crippen molar-refractivity contribution >= 4 is 34.8 Å². The molecule has 1 N–H and O–H groups in total. The van der Waals surface area contributed by atoms with Gasteiger partial charge in [-0.2, -0.15) is 0 Å². The van der Waals surface area contributed by atoms with Crippen molar-refractivity contribution < 1.29 is 14.3 Å². The van der Waals surface area contributed by atoms with Crippen LogP contribution in [-0.4, -0.2) is 19.6 Å². The van der Waals surface area contributed by atoms with Gasteiger partial charge in [-0.1, -0.05) is 29.3 Å². The average Bonchev–Trinajstić information content (AvgIpc) is 2.56. The summed E-state index contributed by atoms with van der Waals surface area (Å²) in [5.41, 5.74) is 0.442. The van der Waals surface area contributed by atoms with E-state index in [4.69, 9.17) is 32.7 Å². The SMILES string of the molecule is COc1ccc(OCCCC(=O)Nc2c(Cl)cccc2Cl)cc1. The Morgan fingerprint density at radius 2 is 1.65 bits per heavy atom. The van der Waals surface area contributed by atoms with Crippen LogP contribution in [-0.2, 0) is 4.79 Å². The molecule has 0 saturated heterocycles. The van der Waals surface area contributed by atoms with Crippen molar-refractivity contribution in [3.8, 4) is 11.5 Å². The van der Waals surface area contributed by atoms with E-state index in [-0.39, 0.29) is 5.91 Å². The van der Waals surface area contributed by atoms with Crippen LogP contribution in [0.4, 0.5) is 5.69 Å². The second kappa shape index (κ2) is 8.65. The first-order chi connectivity index (χ1) is 11.1. The highest BCUT2D eigenvalue weighted by Gasteiger charge is 2.09. The predicted molar refractivity (Wildman–Crippen MR) is 92.8 cm³/mol. The van der Waals surface area contributed by atoms with Crippen LogP contribution >= 0.6 is 23.2 Å². The van der Waals surface area contributed by atoms with Gasteiger partial charge in [-0.3, -0.25) is 4.79 Å². The highest BCUT2D eigenvalue weighted by Crippen LogP contribution is 2.29. The molecule has 0 aliphatic carbocycles. The second-order valence-corrected chi connectivity index (χ2v) is 5.59. The van der Waals surface area contributed by atoms with Gasteiger partial charge < -0.3 is 14.8 Å². The molecule has 0 aliphatic rings. The minimum Gasteiger partial charge on any atom is -0.497 e. The quantitative estimate of drug-likeness (QED) is 0.727. The molecule has 0 unspecified atom stereocenters. The zero-order valence-electron chi connectivity index (χ0n) is 12.6. The standard InChI is InChI=1S/C17H17Cl2NO3/c1-22-12-7-9-13(10-8-12)23-11-3-6-16(21)20-17-14(18)4-2-5-15(17)19/h2,4-5,7-10H,3,6,11H2,1H3,(H,20,21). The summed E-state index contributed by atoms with van der Waals surface area (Å²) in [7, 11) is 1.61. The van der Waals surface area contributed by atoms with Crippen LogP contribution in [0.15, 0.2) is 42.5 Å². The molecule has 6 heteroatoms. The summed E-state index contributed by atoms with van der Waals surface area (Å²) in [5, 5.41) is 3.55. The number of anilines is 1. The second-order valence-electron chi connectivity index (χ2n) is 4.77. The van der Waals surface area contributed by atoms with E-state index in [1.54, 1.807) is 25.3 Å². The fraction of sp³-hybridized carbons (Fsp3) is 0.235. The molecule has 4 nitrogen and oxygen atoms in total. The van der Waals surface area contributed by atoms with Crippen molar-refractivity contribution in [2.24, 2.45) is 0 Å². The van der Waals surface area contributed by atoms with Crippen LogP contribution < -0.4 is 14.8 Å². The van der Waals surface area contributed by atoms with Crippen molar-refractivity contribution in [3.63, 3.8) is 0 Å². The van der Waals surface area contributed by atoms with E-state index in [9.17, 15) is 4.79 Å². The van der Waals surface area contributed by atoms with Gasteiger partial charge in [0.05, 0.1) is 29.4 Å². The average molecular weight is 354 g/mol. The Bertz CT molecular complexity index is 639. The molecule has 23 heavy (non-hydrogen) atoms. The Morgan fingerprint density at radius 3 is 2.26 bits per heavy atom. The Hall–Kier alpha value is -1.91. The van der Waals surface area contributed by atoms with Crippen LogP contribution in [0.25, 0.3) is 0 Å². The molecule has 0 aliphatic heterocycles. The van der Waals surface area contributed by atoms with E-state index in [1.165, 1.54) is 0 Å². The molecule has 0 aromatic heterocycles. The summed E-state index contributed by atoms with van der Waals surface area (Å²) in [6.45, 7) is 0.440. The van der Waals surface area contributed by atoms with Gasteiger partial charge in [-0.15, -0.1) is 0 Å². The van der Waals surface area contributed by atoms with Gasteiger partial charge in [0, 0.05) is 6.42 Å². The molecular weight excluding hydrogens is 337 g/mol. The Balaban J connectivity index is 1.74. The Morgan fingerprint density at radius 1 is 1.04 bits per heavy atom. The Kier molecular flexibility index (Phi) is 6.56. The number of nitrogens with one attached hydrogen (secondary N) is 1. The molecule has 0 heterocycles. The monoisotopic (exact) mass is 353 g/mol. The molecule has 0 radical (unpaired) electrons. The van der Waals surface area contributed by atoms with Gasteiger partial charge in [0.15, 0.2) is 0 Å². The van der Waals surface area contributed by atoms with Gasteiger partial charge in [0.25, 0.3) is 0 Å². The highest BCUT2D eigenvalue weighted by atomic mass is 35.5. The lowest BCUT2D eigenvalue weighted by Gasteiger charge is -2.10. The maximum Gasteiger partial charge on any atom is 0.224 e. The molecule has 1 amide bonds. The molecule has 0 atom stereocenters. The molecule has 2 aromatic carbocycles. The minimum atomic E-state index is -0.154. The fourth-order valence-corrected chi connectivity index (χ4v) is 2.41. The van der Waals surface area contributed by atoms with Crippen molar-refractivity contribution in [1.29, 1.82) is 0 Å². The molecular formula is C17H17Cl2NO3. The lowest BCUT2D eigenvalue weighted by Crippen LogP contribution is -2.13. The third-order valence-corrected chi connectivity index (χ3v) is 3.73. The number of carbonyl (C=O) groups is 1. The van der Waals surface area contributed by atoms with Gasteiger partial charge in [0.2, 0.25) is 5.91 Å². The number of rotatable bonds is 7. The summed E-state index contributed by atoms with van der Waals surface area (Å²) in [6, 6.07) is 12.4. The first-order valence-corrected chi connectivity index (χ1v) is 7.86. The van der Waals surface area contributed by atoms with Crippen molar-refractivity contribution in [2.45, 2.75) is 12.8 Å². The topological polar surface area (TPSA) is 47.6 Å². The lowest BCUT2D eigenvalue weighted by atomic mass is 10.2. The van der Waals surface area contributed by atoms with E-state index >= 15 is 0 Å². The number of para-hydroxylation sites is 1. The number of hydrogen-bond acceptors (Lipinski definition) is 3. The van der Waals surface area contributed by atoms with Crippen LogP contribution in [0.5, 0.6) is 11.5 Å². The van der Waals surface area contributed by atoms with Crippen LogP contribution in [0.2, 0.25) is 10.0 Å². The smallest absolute Gasteiger partial charge is 0.224 e. The minimum absolute atomic E-state index is 0.154. The lowest BCUT2D eigenvalue weighted by molar-refractivity contribution is -0.116. The zero-order chi connectivity index (χ0) is 16.7. The number of benzene rings is 2. The van der Waals surface area contributed by atoms with E-state index in [2.05, 4.69) is 5.32 Å². The van der Waals surface area contributed by atoms with E-state index in [0.717, 1.165) is 11.5 Å². The normalized spacial score (nSPS) is 10.2. The predicted octanol–water partition coefficient (Wildman–Crippen LogP) is 4.80. The fourth-order valence-electron chi connectivity index (χ4n) is 1.91. The zero-order valence-corrected chi connectivity index (χ0v) is 14.2. The third kappa shape index (κ3) is 5.34. The van der Waals surface area contributed by atoms with Gasteiger partial charge >= 0.3 is 0 Å². The number of ether oxygens (including phenoxy) is 2. The van der Waals surface area contributed by atoms with E-state index in [0.29, 0.717) is 35.2 Å². The third-order valence-electron chi connectivity index (χ3n) is 3.10. The van der Waals surface area contributed by atoms with E-state index in [1.807, 2.05) is 24.3 Å². The number of hydrogen-bond donors (Lipinski definition) is 1. The van der Waals surface area contributed by atoms with Gasteiger partial charge in [-0.05, 0) is 42.8 Å². The summed E-state index contributed by atoms with van der Waals surface area (Å²) < 4.78 is 10.6. The Labute approximate surface area is 145 Å². The molecule has 0 saturated carbocycles. The van der Waals surface area contributed by atoms with E-state index < -0.39 is 0 Å². The van der Waals surface area contributed by atoms with Gasteiger partial charge in [-0.25, -0.2) is 0 Å². The summed E-state index contributed by atoms with van der Waals surface area (Å²) in [4.78, 5) is 11.9. The molecule has 2 aromatic rings. The number of carbonyl (C=O) groups excluding carboxylic acids is 1. The van der Waals surface area contributed by atoms with Crippen LogP contribution in [0, 0.1) is 0 Å². The highest BCUT2D eigenvalue weighted by molar-refractivity contribution is 6.39. The molecule has 2 rings (SSSR count). The first-order valence-electron chi connectivity index (χ1n) is 7.11. The maximum absolute atomic E-state index is 11.9. The maximum atomic E-state index is 11.9. The van der Waals surface area contributed by atoms with Crippen molar-refractivity contribution in [1.82, 2.24) is 0 Å². The summed E-state index contributed by atoms with van der Waals surface area (Å²) in [6.07, 6.45) is 0.900. The van der Waals surface area contributed by atoms with Gasteiger partial charge in [0.1, 0.15) is 11.5 Å². The number of methoxy groups -OCH3 is 1. The molecule has 0 fully saturated rings. The van der Waals surface area contributed by atoms with Crippen LogP contribution in [0.1, 0.15) is 12.8 Å². The first kappa shape index (κ1) is 17.4. The van der Waals surface area contributed by atoms with Crippen molar-refractivity contribution in [2.75, 3.05) is 19.0 Å². The summed E-state index contributed by atoms with van der Waals surface area (Å²) in [5.74, 6) is 1.35. The number of halogens is 2. The number of amides is 1. The molecule has 0 bridgehead atoms. The van der Waals surface area contributed by atoms with Crippen LogP contribution in [0.3, 0.4) is 0 Å². The molecule has 122 valence electrons. The largest absolute Gasteiger partial charge is 0.497 e.